The Balaban J connectivity index is 2.12. The van der Waals surface area contributed by atoms with E-state index >= 15 is 0 Å². The number of halogens is 2. The number of ether oxygens (including phenoxy) is 2. The fraction of sp³-hybridized carbons (Fsp3) is 0.400. The van der Waals surface area contributed by atoms with Gasteiger partial charge in [0.1, 0.15) is 25.0 Å². The average Bonchev–Trinajstić information content (AvgIpc) is 2.79. The van der Waals surface area contributed by atoms with Gasteiger partial charge in [-0.2, -0.15) is 5.26 Å². The van der Waals surface area contributed by atoms with Crippen molar-refractivity contribution in [2.75, 3.05) is 31.9 Å². The number of allylic oxidation sites excluding steroid dienone is 1. The van der Waals surface area contributed by atoms with Gasteiger partial charge in [0.2, 0.25) is 10.0 Å². The first kappa shape index (κ1) is 28.0. The zero-order valence-electron chi connectivity index (χ0n) is 19.8. The molecule has 34 heavy (non-hydrogen) atoms. The molecule has 1 N–H and O–H groups in total. The van der Waals surface area contributed by atoms with Crippen LogP contribution in [-0.2, 0) is 15.4 Å². The Bertz CT molecular complexity index is 1150. The second-order valence-electron chi connectivity index (χ2n) is 8.29. The second kappa shape index (κ2) is 12.5. The Kier molecular flexibility index (Phi) is 10.3. The molecule has 0 heterocycles. The SMILES string of the molecule is C/C=C(\CCNS(C)(=O)=O)COc1ccc(C(C)(C)c2cc(Cl)c(OCCCl)c(C#N)c2)cc1. The third kappa shape index (κ3) is 7.92. The van der Waals surface area contributed by atoms with Gasteiger partial charge in [0.25, 0.3) is 0 Å². The monoisotopic (exact) mass is 524 g/mol. The molecule has 6 nitrogen and oxygen atoms in total. The fourth-order valence-electron chi connectivity index (χ4n) is 3.33. The van der Waals surface area contributed by atoms with Crippen LogP contribution in [0, 0.1) is 11.3 Å². The number of rotatable bonds is 12. The highest BCUT2D eigenvalue weighted by Gasteiger charge is 2.26. The average molecular weight is 525 g/mol. The van der Waals surface area contributed by atoms with Crippen molar-refractivity contribution in [1.29, 1.82) is 5.26 Å². The minimum absolute atomic E-state index is 0.267. The summed E-state index contributed by atoms with van der Waals surface area (Å²) < 4.78 is 36.3. The maximum absolute atomic E-state index is 11.2. The number of alkyl halides is 1. The molecule has 0 bridgehead atoms. The Morgan fingerprint density at radius 1 is 1.18 bits per heavy atom. The van der Waals surface area contributed by atoms with Crippen molar-refractivity contribution in [3.63, 3.8) is 0 Å². The Labute approximate surface area is 212 Å². The molecule has 0 aliphatic heterocycles. The molecule has 184 valence electrons. The van der Waals surface area contributed by atoms with Gasteiger partial charge >= 0.3 is 0 Å². The lowest BCUT2D eigenvalue weighted by molar-refractivity contribution is 0.341. The van der Waals surface area contributed by atoms with E-state index < -0.39 is 15.4 Å². The maximum Gasteiger partial charge on any atom is 0.208 e. The molecule has 0 unspecified atom stereocenters. The Morgan fingerprint density at radius 3 is 2.41 bits per heavy atom. The quantitative estimate of drug-likeness (QED) is 0.295. The van der Waals surface area contributed by atoms with Crippen LogP contribution in [0.25, 0.3) is 0 Å². The number of benzene rings is 2. The zero-order chi connectivity index (χ0) is 25.4. The number of hydrogen-bond acceptors (Lipinski definition) is 5. The van der Waals surface area contributed by atoms with Crippen LogP contribution >= 0.6 is 23.2 Å². The van der Waals surface area contributed by atoms with Crippen LogP contribution in [0.4, 0.5) is 0 Å². The van der Waals surface area contributed by atoms with Gasteiger partial charge < -0.3 is 9.47 Å². The van der Waals surface area contributed by atoms with E-state index in [2.05, 4.69) is 24.6 Å². The molecule has 2 aromatic rings. The number of nitrogens with one attached hydrogen (secondary N) is 1. The van der Waals surface area contributed by atoms with E-state index in [0.717, 1.165) is 23.0 Å². The maximum atomic E-state index is 11.2. The van der Waals surface area contributed by atoms with Gasteiger partial charge in [0.05, 0.1) is 22.7 Å². The first-order valence-electron chi connectivity index (χ1n) is 10.8. The highest BCUT2D eigenvalue weighted by Crippen LogP contribution is 2.38. The van der Waals surface area contributed by atoms with Gasteiger partial charge in [0, 0.05) is 12.0 Å². The van der Waals surface area contributed by atoms with Gasteiger partial charge in [-0.05, 0) is 54.3 Å². The normalized spacial score (nSPS) is 12.3. The van der Waals surface area contributed by atoms with E-state index in [4.69, 9.17) is 32.7 Å². The zero-order valence-corrected chi connectivity index (χ0v) is 22.1. The number of nitriles is 1. The van der Waals surface area contributed by atoms with Gasteiger partial charge in [-0.3, -0.25) is 0 Å². The van der Waals surface area contributed by atoms with Crippen molar-refractivity contribution in [2.24, 2.45) is 0 Å². The molecule has 9 heteroatoms. The molecule has 0 atom stereocenters. The molecule has 0 amide bonds. The van der Waals surface area contributed by atoms with Gasteiger partial charge in [-0.25, -0.2) is 13.1 Å². The van der Waals surface area contributed by atoms with Crippen molar-refractivity contribution in [1.82, 2.24) is 4.72 Å². The molecule has 2 aromatic carbocycles. The lowest BCUT2D eigenvalue weighted by Crippen LogP contribution is -2.23. The summed E-state index contributed by atoms with van der Waals surface area (Å²) in [5.74, 6) is 1.35. The van der Waals surface area contributed by atoms with Gasteiger partial charge in [-0.15, -0.1) is 11.6 Å². The summed E-state index contributed by atoms with van der Waals surface area (Å²) in [4.78, 5) is 0. The smallest absolute Gasteiger partial charge is 0.208 e. The summed E-state index contributed by atoms with van der Waals surface area (Å²) in [5.41, 5.74) is 2.85. The van der Waals surface area contributed by atoms with Crippen LogP contribution in [0.2, 0.25) is 5.02 Å². The van der Waals surface area contributed by atoms with Crippen molar-refractivity contribution >= 4 is 33.2 Å². The molecule has 0 radical (unpaired) electrons. The third-order valence-electron chi connectivity index (χ3n) is 5.43. The lowest BCUT2D eigenvalue weighted by atomic mass is 9.77. The van der Waals surface area contributed by atoms with Crippen LogP contribution < -0.4 is 14.2 Å². The third-order valence-corrected chi connectivity index (χ3v) is 6.59. The summed E-state index contributed by atoms with van der Waals surface area (Å²) >= 11 is 12.1. The Morgan fingerprint density at radius 2 is 1.85 bits per heavy atom. The van der Waals surface area contributed by atoms with Crippen LogP contribution in [0.15, 0.2) is 48.0 Å². The molecular formula is C25H30Cl2N2O4S. The molecule has 0 saturated heterocycles. The molecule has 0 fully saturated rings. The first-order chi connectivity index (χ1) is 16.0. The van der Waals surface area contributed by atoms with E-state index in [1.54, 1.807) is 6.07 Å². The molecule has 2 rings (SSSR count). The van der Waals surface area contributed by atoms with Crippen molar-refractivity contribution in [3.8, 4) is 17.6 Å². The number of nitrogens with zero attached hydrogens (tertiary/aromatic N) is 1. The second-order valence-corrected chi connectivity index (χ2v) is 10.9. The van der Waals surface area contributed by atoms with Crippen LogP contribution in [0.1, 0.15) is 43.9 Å². The molecule has 0 aliphatic carbocycles. The van der Waals surface area contributed by atoms with Gasteiger partial charge in [-0.1, -0.05) is 43.7 Å². The van der Waals surface area contributed by atoms with Gasteiger partial charge in [0.15, 0.2) is 5.75 Å². The van der Waals surface area contributed by atoms with E-state index in [1.165, 1.54) is 0 Å². The number of sulfonamides is 1. The van der Waals surface area contributed by atoms with E-state index in [9.17, 15) is 13.7 Å². The highest BCUT2D eigenvalue weighted by molar-refractivity contribution is 7.88. The van der Waals surface area contributed by atoms with E-state index in [1.807, 2.05) is 43.3 Å². The minimum Gasteiger partial charge on any atom is -0.489 e. The predicted octanol–water partition coefficient (Wildman–Crippen LogP) is 5.42. The molecule has 0 saturated carbocycles. The van der Waals surface area contributed by atoms with Crippen LogP contribution in [0.5, 0.6) is 11.5 Å². The van der Waals surface area contributed by atoms with Crippen LogP contribution in [0.3, 0.4) is 0 Å². The molecule has 0 aliphatic rings. The van der Waals surface area contributed by atoms with Crippen LogP contribution in [-0.4, -0.2) is 40.3 Å². The lowest BCUT2D eigenvalue weighted by Gasteiger charge is -2.27. The molecule has 0 aromatic heterocycles. The standard InChI is InChI=1S/C25H30Cl2N2O4S/c1-5-18(10-12-29-34(4,30)31)17-33-22-8-6-20(7-9-22)25(2,3)21-14-19(16-28)24(23(27)15-21)32-13-11-26/h5-9,14-15,29H,10-13,17H2,1-4H3/b18-5+. The first-order valence-corrected chi connectivity index (χ1v) is 13.6. The summed E-state index contributed by atoms with van der Waals surface area (Å²) in [6, 6.07) is 13.5. The molecule has 0 spiro atoms. The summed E-state index contributed by atoms with van der Waals surface area (Å²) in [7, 11) is -3.21. The van der Waals surface area contributed by atoms with E-state index in [-0.39, 0.29) is 6.61 Å². The van der Waals surface area contributed by atoms with Crippen molar-refractivity contribution in [2.45, 2.75) is 32.6 Å². The topological polar surface area (TPSA) is 88.4 Å². The summed E-state index contributed by atoms with van der Waals surface area (Å²) in [5, 5.41) is 9.95. The summed E-state index contributed by atoms with van der Waals surface area (Å²) in [6.07, 6.45) is 3.64. The van der Waals surface area contributed by atoms with Crippen molar-refractivity contribution < 1.29 is 17.9 Å². The Hall–Kier alpha value is -2.24. The fourth-order valence-corrected chi connectivity index (χ4v) is 4.16. The minimum atomic E-state index is -3.21. The largest absolute Gasteiger partial charge is 0.489 e. The predicted molar refractivity (Wildman–Crippen MR) is 138 cm³/mol. The number of hydrogen-bond donors (Lipinski definition) is 1. The van der Waals surface area contributed by atoms with Crippen molar-refractivity contribution in [3.05, 3.63) is 69.8 Å². The molecular weight excluding hydrogens is 495 g/mol. The van der Waals surface area contributed by atoms with E-state index in [0.29, 0.717) is 47.5 Å². The highest BCUT2D eigenvalue weighted by atomic mass is 35.5. The summed E-state index contributed by atoms with van der Waals surface area (Å²) in [6.45, 7) is 6.98.